The van der Waals surface area contributed by atoms with Crippen LogP contribution in [0.4, 0.5) is 15.8 Å². The number of nitrogens with zero attached hydrogens (tertiary/aromatic N) is 1. The van der Waals surface area contributed by atoms with Crippen molar-refractivity contribution in [1.82, 2.24) is 0 Å². The predicted octanol–water partition coefficient (Wildman–Crippen LogP) is 3.35. The highest BCUT2D eigenvalue weighted by atomic mass is 35.5. The molecule has 0 aromatic heterocycles. The molecule has 0 aliphatic carbocycles. The number of non-ortho nitro benzene ring substituents is 1. The number of amides is 1. The highest BCUT2D eigenvalue weighted by molar-refractivity contribution is 6.31. The number of rotatable bonds is 3. The highest BCUT2D eigenvalue weighted by Gasteiger charge is 2.14. The Hall–Kier alpha value is -2.67. The van der Waals surface area contributed by atoms with Gasteiger partial charge in [-0.2, -0.15) is 0 Å². The fourth-order valence-corrected chi connectivity index (χ4v) is 1.83. The van der Waals surface area contributed by atoms with Crippen molar-refractivity contribution in [2.45, 2.75) is 0 Å². The maximum absolute atomic E-state index is 13.2. The lowest BCUT2D eigenvalue weighted by Gasteiger charge is -2.06. The number of nitro groups is 1. The molecular formula is C13H8ClFN2O4. The summed E-state index contributed by atoms with van der Waals surface area (Å²) < 4.78 is 13.2. The molecule has 0 atom stereocenters. The zero-order valence-electron chi connectivity index (χ0n) is 10.3. The van der Waals surface area contributed by atoms with Crippen molar-refractivity contribution in [1.29, 1.82) is 0 Å². The maximum Gasteiger partial charge on any atom is 0.271 e. The minimum Gasteiger partial charge on any atom is -0.505 e. The van der Waals surface area contributed by atoms with Crippen LogP contribution in [-0.4, -0.2) is 15.9 Å². The monoisotopic (exact) mass is 310 g/mol. The summed E-state index contributed by atoms with van der Waals surface area (Å²) in [6.07, 6.45) is 0. The number of phenols is 1. The first kappa shape index (κ1) is 14.7. The Labute approximate surface area is 122 Å². The summed E-state index contributed by atoms with van der Waals surface area (Å²) in [5.74, 6) is -2.14. The summed E-state index contributed by atoms with van der Waals surface area (Å²) >= 11 is 5.71. The van der Waals surface area contributed by atoms with Crippen LogP contribution in [0.1, 0.15) is 10.4 Å². The lowest BCUT2D eigenvalue weighted by Crippen LogP contribution is -2.12. The van der Waals surface area contributed by atoms with Crippen molar-refractivity contribution in [2.75, 3.05) is 5.32 Å². The van der Waals surface area contributed by atoms with Crippen LogP contribution in [-0.2, 0) is 0 Å². The van der Waals surface area contributed by atoms with Gasteiger partial charge in [-0.1, -0.05) is 11.6 Å². The van der Waals surface area contributed by atoms with Crippen LogP contribution in [0.5, 0.6) is 5.75 Å². The van der Waals surface area contributed by atoms with Crippen molar-refractivity contribution in [2.24, 2.45) is 0 Å². The molecule has 0 heterocycles. The molecule has 8 heteroatoms. The number of phenolic OH excluding ortho intramolecular Hbond substituents is 1. The fourth-order valence-electron chi connectivity index (χ4n) is 1.60. The number of carbonyl (C=O) groups excluding carboxylic acids is 1. The first-order chi connectivity index (χ1) is 9.86. The van der Waals surface area contributed by atoms with Crippen LogP contribution >= 0.6 is 11.6 Å². The number of hydrogen-bond acceptors (Lipinski definition) is 4. The molecule has 1 amide bonds. The van der Waals surface area contributed by atoms with Crippen LogP contribution in [0, 0.1) is 15.9 Å². The number of nitrogens with one attached hydrogen (secondary N) is 1. The van der Waals surface area contributed by atoms with Gasteiger partial charge >= 0.3 is 0 Å². The van der Waals surface area contributed by atoms with Gasteiger partial charge in [0.1, 0.15) is 0 Å². The molecule has 0 bridgehead atoms. The topological polar surface area (TPSA) is 92.5 Å². The van der Waals surface area contributed by atoms with E-state index in [2.05, 4.69) is 5.32 Å². The Morgan fingerprint density at radius 2 is 2.00 bits per heavy atom. The number of anilines is 1. The van der Waals surface area contributed by atoms with Gasteiger partial charge in [0.25, 0.3) is 11.6 Å². The van der Waals surface area contributed by atoms with Gasteiger partial charge < -0.3 is 10.4 Å². The number of halogens is 2. The molecule has 0 aliphatic heterocycles. The standard InChI is InChI=1S/C13H8ClFN2O4/c14-8-3-7(4-10(5-8)17(20)21)13(19)16-9-1-2-12(18)11(15)6-9/h1-6,18H,(H,16,19). The number of benzene rings is 2. The molecule has 0 fully saturated rings. The normalized spacial score (nSPS) is 10.2. The maximum atomic E-state index is 13.2. The van der Waals surface area contributed by atoms with E-state index in [-0.39, 0.29) is 22.0 Å². The third-order valence-electron chi connectivity index (χ3n) is 2.56. The second-order valence-corrected chi connectivity index (χ2v) is 4.51. The van der Waals surface area contributed by atoms with Crippen LogP contribution in [0.2, 0.25) is 5.02 Å². The number of carbonyl (C=O) groups is 1. The Morgan fingerprint density at radius 1 is 1.29 bits per heavy atom. The van der Waals surface area contributed by atoms with Gasteiger partial charge in [0, 0.05) is 34.5 Å². The Balaban J connectivity index is 2.27. The van der Waals surface area contributed by atoms with Crippen LogP contribution in [0.25, 0.3) is 0 Å². The second-order valence-electron chi connectivity index (χ2n) is 4.08. The zero-order chi connectivity index (χ0) is 15.6. The van der Waals surface area contributed by atoms with E-state index in [1.807, 2.05) is 0 Å². The summed E-state index contributed by atoms with van der Waals surface area (Å²) in [7, 11) is 0. The summed E-state index contributed by atoms with van der Waals surface area (Å²) in [6.45, 7) is 0. The van der Waals surface area contributed by atoms with E-state index < -0.39 is 22.4 Å². The van der Waals surface area contributed by atoms with Gasteiger partial charge in [-0.25, -0.2) is 4.39 Å². The van der Waals surface area contributed by atoms with Crippen molar-refractivity contribution in [3.05, 3.63) is 62.9 Å². The number of aromatic hydroxyl groups is 1. The van der Waals surface area contributed by atoms with Crippen LogP contribution < -0.4 is 5.32 Å². The molecule has 108 valence electrons. The molecule has 0 saturated heterocycles. The Kier molecular flexibility index (Phi) is 4.04. The van der Waals surface area contributed by atoms with Gasteiger partial charge in [0.15, 0.2) is 11.6 Å². The van der Waals surface area contributed by atoms with Crippen molar-refractivity contribution in [3.63, 3.8) is 0 Å². The Bertz CT molecular complexity index is 736. The van der Waals surface area contributed by atoms with Crippen LogP contribution in [0.3, 0.4) is 0 Å². The number of hydrogen-bond donors (Lipinski definition) is 2. The van der Waals surface area contributed by atoms with Gasteiger partial charge in [-0.05, 0) is 18.2 Å². The summed E-state index contributed by atoms with van der Waals surface area (Å²) in [4.78, 5) is 22.0. The lowest BCUT2D eigenvalue weighted by molar-refractivity contribution is -0.384. The molecule has 0 unspecified atom stereocenters. The minimum atomic E-state index is -0.898. The van der Waals surface area contributed by atoms with Crippen LogP contribution in [0.15, 0.2) is 36.4 Å². The van der Waals surface area contributed by atoms with E-state index >= 15 is 0 Å². The van der Waals surface area contributed by atoms with Crippen molar-refractivity contribution < 1.29 is 19.2 Å². The molecule has 0 spiro atoms. The summed E-state index contributed by atoms with van der Waals surface area (Å²) in [6, 6.07) is 6.70. The highest BCUT2D eigenvalue weighted by Crippen LogP contribution is 2.23. The molecule has 21 heavy (non-hydrogen) atoms. The largest absolute Gasteiger partial charge is 0.505 e. The average Bonchev–Trinajstić information content (AvgIpc) is 2.42. The molecule has 0 radical (unpaired) electrons. The molecule has 6 nitrogen and oxygen atoms in total. The van der Waals surface area contributed by atoms with Gasteiger partial charge in [-0.15, -0.1) is 0 Å². The van der Waals surface area contributed by atoms with E-state index in [1.54, 1.807) is 0 Å². The van der Waals surface area contributed by atoms with Gasteiger partial charge in [-0.3, -0.25) is 14.9 Å². The fraction of sp³-hybridized carbons (Fsp3) is 0. The van der Waals surface area contributed by atoms with Gasteiger partial charge in [0.05, 0.1) is 4.92 Å². The first-order valence-electron chi connectivity index (χ1n) is 5.61. The summed E-state index contributed by atoms with van der Waals surface area (Å²) in [5, 5.41) is 22.1. The quantitative estimate of drug-likeness (QED) is 0.516. The van der Waals surface area contributed by atoms with E-state index in [0.717, 1.165) is 24.3 Å². The lowest BCUT2D eigenvalue weighted by atomic mass is 10.2. The van der Waals surface area contributed by atoms with Gasteiger partial charge in [0.2, 0.25) is 0 Å². The van der Waals surface area contributed by atoms with Crippen molar-refractivity contribution >= 4 is 28.9 Å². The molecule has 0 saturated carbocycles. The van der Waals surface area contributed by atoms with E-state index in [9.17, 15) is 19.3 Å². The van der Waals surface area contributed by atoms with E-state index in [0.29, 0.717) is 0 Å². The van der Waals surface area contributed by atoms with Crippen molar-refractivity contribution in [3.8, 4) is 5.75 Å². The third-order valence-corrected chi connectivity index (χ3v) is 2.78. The summed E-state index contributed by atoms with van der Waals surface area (Å²) in [5.41, 5.74) is -0.273. The SMILES string of the molecule is O=C(Nc1ccc(O)c(F)c1)c1cc(Cl)cc([N+](=O)[O-])c1. The second kappa shape index (κ2) is 5.76. The predicted molar refractivity (Wildman–Crippen MR) is 74.1 cm³/mol. The molecule has 2 N–H and O–H groups in total. The minimum absolute atomic E-state index is 0.0336. The molecule has 0 aliphatic rings. The first-order valence-corrected chi connectivity index (χ1v) is 5.99. The molecule has 2 aromatic rings. The third kappa shape index (κ3) is 3.46. The zero-order valence-corrected chi connectivity index (χ0v) is 11.1. The Morgan fingerprint density at radius 3 is 2.62 bits per heavy atom. The molecular weight excluding hydrogens is 303 g/mol. The molecule has 2 aromatic carbocycles. The van der Waals surface area contributed by atoms with E-state index in [1.165, 1.54) is 12.1 Å². The van der Waals surface area contributed by atoms with E-state index in [4.69, 9.17) is 16.7 Å². The molecule has 2 rings (SSSR count). The smallest absolute Gasteiger partial charge is 0.271 e. The average molecular weight is 311 g/mol. The number of nitro benzene ring substituents is 1.